The average molecular weight is 312 g/mol. The van der Waals surface area contributed by atoms with Gasteiger partial charge in [0, 0.05) is 18.4 Å². The Labute approximate surface area is 134 Å². The maximum Gasteiger partial charge on any atom is 0.271 e. The molecule has 2 aliphatic carbocycles. The molecule has 2 saturated carbocycles. The quantitative estimate of drug-likeness (QED) is 0.741. The van der Waals surface area contributed by atoms with E-state index < -0.39 is 0 Å². The second-order valence-corrected chi connectivity index (χ2v) is 7.60. The molecule has 8 atom stereocenters. The molecule has 4 heteroatoms. The molecule has 4 nitrogen and oxygen atoms in total. The summed E-state index contributed by atoms with van der Waals surface area (Å²) in [6, 6.07) is 0. The summed E-state index contributed by atoms with van der Waals surface area (Å²) in [6.45, 7) is 13.1. The lowest BCUT2D eigenvalue weighted by molar-refractivity contribution is -0.0599. The van der Waals surface area contributed by atoms with Crippen molar-refractivity contribution in [2.75, 3.05) is 13.2 Å². The molecule has 128 valence electrons. The van der Waals surface area contributed by atoms with E-state index in [-0.39, 0.29) is 30.7 Å². The monoisotopic (exact) mass is 312 g/mol. The van der Waals surface area contributed by atoms with Gasteiger partial charge in [0.2, 0.25) is 0 Å². The van der Waals surface area contributed by atoms with Gasteiger partial charge in [-0.05, 0) is 43.1 Å². The van der Waals surface area contributed by atoms with Gasteiger partial charge in [0.1, 0.15) is 6.10 Å². The summed E-state index contributed by atoms with van der Waals surface area (Å²) in [5, 5.41) is 19.7. The Hall–Kier alpha value is -0.740. The normalized spacial score (nSPS) is 45.0. The minimum atomic E-state index is -0.307. The molecule has 8 unspecified atom stereocenters. The maximum atomic E-state index is 10.2. The Balaban J connectivity index is 1.81. The molecule has 22 heavy (non-hydrogen) atoms. The topological polar surface area (TPSA) is 58.9 Å². The van der Waals surface area contributed by atoms with Crippen LogP contribution < -0.4 is 0 Å². The van der Waals surface area contributed by atoms with Crippen molar-refractivity contribution in [1.82, 2.24) is 0 Å². The molecule has 0 aromatic rings. The summed E-state index contributed by atoms with van der Waals surface area (Å²) >= 11 is 0. The molecule has 0 aliphatic heterocycles. The van der Waals surface area contributed by atoms with E-state index in [1.165, 1.54) is 0 Å². The zero-order valence-electron chi connectivity index (χ0n) is 14.4. The van der Waals surface area contributed by atoms with Gasteiger partial charge in [0.05, 0.1) is 12.7 Å². The van der Waals surface area contributed by atoms with E-state index in [1.807, 2.05) is 0 Å². The van der Waals surface area contributed by atoms with Gasteiger partial charge < -0.3 is 19.7 Å². The number of aliphatic hydroxyl groups excluding tert-OH is 2. The molecule has 0 amide bonds. The first kappa shape index (κ1) is 17.6. The minimum Gasteiger partial charge on any atom is -0.465 e. The number of hydrogen-bond donors (Lipinski definition) is 2. The Kier molecular flexibility index (Phi) is 5.78. The van der Waals surface area contributed by atoms with Gasteiger partial charge in [0.15, 0.2) is 0 Å². The fourth-order valence-corrected chi connectivity index (χ4v) is 4.11. The van der Waals surface area contributed by atoms with Gasteiger partial charge in [0.25, 0.3) is 5.95 Å². The predicted octanol–water partition coefficient (Wildman–Crippen LogP) is 2.80. The summed E-state index contributed by atoms with van der Waals surface area (Å²) in [7, 11) is 0. The Morgan fingerprint density at radius 1 is 1.05 bits per heavy atom. The molecule has 0 aromatic heterocycles. The third kappa shape index (κ3) is 3.60. The van der Waals surface area contributed by atoms with Crippen LogP contribution in [0.25, 0.3) is 0 Å². The molecule has 2 aliphatic rings. The highest BCUT2D eigenvalue weighted by molar-refractivity contribution is 4.91. The molecule has 2 rings (SSSR count). The average Bonchev–Trinajstić information content (AvgIpc) is 2.90. The highest BCUT2D eigenvalue weighted by atomic mass is 16.7. The number of hydrogen-bond acceptors (Lipinski definition) is 4. The van der Waals surface area contributed by atoms with Crippen LogP contribution in [0.15, 0.2) is 12.5 Å². The predicted molar refractivity (Wildman–Crippen MR) is 85.9 cm³/mol. The largest absolute Gasteiger partial charge is 0.465 e. The molecular weight excluding hydrogens is 280 g/mol. The minimum absolute atomic E-state index is 0.0288. The van der Waals surface area contributed by atoms with Crippen LogP contribution in [0.4, 0.5) is 0 Å². The van der Waals surface area contributed by atoms with E-state index in [1.54, 1.807) is 0 Å². The van der Waals surface area contributed by atoms with E-state index >= 15 is 0 Å². The summed E-state index contributed by atoms with van der Waals surface area (Å²) in [5.41, 5.74) is 0. The summed E-state index contributed by atoms with van der Waals surface area (Å²) in [4.78, 5) is 0. The first-order valence-corrected chi connectivity index (χ1v) is 8.62. The second-order valence-electron chi connectivity index (χ2n) is 7.60. The SMILES string of the molecule is C=C(OCC1CC(C)C(C)C1O)OC1C(CO)CC(C)C1C. The first-order valence-electron chi connectivity index (χ1n) is 8.62. The van der Waals surface area contributed by atoms with Crippen molar-refractivity contribution in [1.29, 1.82) is 0 Å². The van der Waals surface area contributed by atoms with Crippen LogP contribution in [0, 0.1) is 35.5 Å². The van der Waals surface area contributed by atoms with Crippen molar-refractivity contribution in [2.24, 2.45) is 35.5 Å². The summed E-state index contributed by atoms with van der Waals surface area (Å²) in [6.07, 6.45) is 1.62. The molecular formula is C18H32O4. The zero-order valence-corrected chi connectivity index (χ0v) is 14.4. The molecule has 0 spiro atoms. The van der Waals surface area contributed by atoms with Crippen LogP contribution in [0.1, 0.15) is 40.5 Å². The van der Waals surface area contributed by atoms with Crippen molar-refractivity contribution in [3.8, 4) is 0 Å². The standard InChI is InChI=1S/C18H32O4/c1-10-7-16(17(20)12(10)3)9-21-14(5)22-18-13(4)11(2)6-15(18)8-19/h10-13,15-20H,5-9H2,1-4H3. The van der Waals surface area contributed by atoms with Crippen molar-refractivity contribution >= 4 is 0 Å². The molecule has 0 heterocycles. The highest BCUT2D eigenvalue weighted by Gasteiger charge is 2.41. The zero-order chi connectivity index (χ0) is 16.4. The third-order valence-electron chi connectivity index (χ3n) is 6.11. The van der Waals surface area contributed by atoms with E-state index in [4.69, 9.17) is 9.47 Å². The molecule has 0 aromatic carbocycles. The van der Waals surface area contributed by atoms with E-state index in [0.29, 0.717) is 36.2 Å². The molecule has 2 N–H and O–H groups in total. The van der Waals surface area contributed by atoms with Crippen LogP contribution in [-0.4, -0.2) is 35.6 Å². The number of rotatable bonds is 6. The van der Waals surface area contributed by atoms with Gasteiger partial charge in [-0.15, -0.1) is 0 Å². The van der Waals surface area contributed by atoms with Crippen LogP contribution >= 0.6 is 0 Å². The number of ether oxygens (including phenoxy) is 2. The van der Waals surface area contributed by atoms with E-state index in [9.17, 15) is 10.2 Å². The lowest BCUT2D eigenvalue weighted by atomic mass is 9.99. The highest BCUT2D eigenvalue weighted by Crippen LogP contribution is 2.39. The van der Waals surface area contributed by atoms with Gasteiger partial charge in [-0.1, -0.05) is 27.7 Å². The van der Waals surface area contributed by atoms with Gasteiger partial charge in [-0.2, -0.15) is 0 Å². The first-order chi connectivity index (χ1) is 10.3. The fraction of sp³-hybridized carbons (Fsp3) is 0.889. The molecule has 0 radical (unpaired) electrons. The number of aliphatic hydroxyl groups is 2. The molecule has 0 saturated heterocycles. The van der Waals surface area contributed by atoms with Crippen LogP contribution in [0.2, 0.25) is 0 Å². The van der Waals surface area contributed by atoms with Gasteiger partial charge in [-0.3, -0.25) is 0 Å². The van der Waals surface area contributed by atoms with Crippen molar-refractivity contribution in [3.05, 3.63) is 12.5 Å². The Bertz CT molecular complexity index is 383. The Morgan fingerprint density at radius 2 is 1.64 bits per heavy atom. The van der Waals surface area contributed by atoms with Gasteiger partial charge >= 0.3 is 0 Å². The van der Waals surface area contributed by atoms with Crippen molar-refractivity contribution < 1.29 is 19.7 Å². The Morgan fingerprint density at radius 3 is 2.18 bits per heavy atom. The lowest BCUT2D eigenvalue weighted by Crippen LogP contribution is -2.28. The fourth-order valence-electron chi connectivity index (χ4n) is 4.11. The molecule has 2 fully saturated rings. The van der Waals surface area contributed by atoms with Crippen molar-refractivity contribution in [3.63, 3.8) is 0 Å². The smallest absolute Gasteiger partial charge is 0.271 e. The van der Waals surface area contributed by atoms with Crippen LogP contribution in [0.3, 0.4) is 0 Å². The maximum absolute atomic E-state index is 10.2. The van der Waals surface area contributed by atoms with E-state index in [2.05, 4.69) is 34.3 Å². The third-order valence-corrected chi connectivity index (χ3v) is 6.11. The van der Waals surface area contributed by atoms with Crippen molar-refractivity contribution in [2.45, 2.75) is 52.7 Å². The lowest BCUT2D eigenvalue weighted by Gasteiger charge is -2.25. The second kappa shape index (κ2) is 7.22. The van der Waals surface area contributed by atoms with Gasteiger partial charge in [-0.25, -0.2) is 0 Å². The van der Waals surface area contributed by atoms with Crippen LogP contribution in [-0.2, 0) is 9.47 Å². The van der Waals surface area contributed by atoms with E-state index in [0.717, 1.165) is 12.8 Å². The summed E-state index contributed by atoms with van der Waals surface area (Å²) in [5.74, 6) is 2.39. The molecule has 0 bridgehead atoms. The van der Waals surface area contributed by atoms with Crippen LogP contribution in [0.5, 0.6) is 0 Å². The summed E-state index contributed by atoms with van der Waals surface area (Å²) < 4.78 is 11.6.